The predicted octanol–water partition coefficient (Wildman–Crippen LogP) is 3.37. The Morgan fingerprint density at radius 2 is 1.97 bits per heavy atom. The van der Waals surface area contributed by atoms with E-state index < -0.39 is 0 Å². The van der Waals surface area contributed by atoms with Gasteiger partial charge in [0, 0.05) is 17.5 Å². The van der Waals surface area contributed by atoms with Gasteiger partial charge in [0.05, 0.1) is 11.4 Å². The van der Waals surface area contributed by atoms with Crippen molar-refractivity contribution in [1.29, 1.82) is 0 Å². The molecule has 0 atom stereocenters. The maximum absolute atomic E-state index is 13.2. The van der Waals surface area contributed by atoms with Crippen LogP contribution in [0.5, 0.6) is 0 Å². The van der Waals surface area contributed by atoms with Gasteiger partial charge in [-0.2, -0.15) is 5.10 Å². The second kappa shape index (κ2) is 9.10. The first-order valence-corrected chi connectivity index (χ1v) is 10.9. The summed E-state index contributed by atoms with van der Waals surface area (Å²) in [6.07, 6.45) is 3.64. The summed E-state index contributed by atoms with van der Waals surface area (Å²) in [5.41, 5.74) is 2.78. The molecule has 0 radical (unpaired) electrons. The number of halogens is 1. The van der Waals surface area contributed by atoms with E-state index in [4.69, 9.17) is 0 Å². The van der Waals surface area contributed by atoms with E-state index in [0.29, 0.717) is 29.4 Å². The summed E-state index contributed by atoms with van der Waals surface area (Å²) in [5.74, 6) is 0.369. The van der Waals surface area contributed by atoms with Gasteiger partial charge in [-0.15, -0.1) is 0 Å². The molecule has 7 heteroatoms. The largest absolute Gasteiger partial charge is 0.312 e. The molecular formula is C23H30FN5O. The molecule has 1 saturated heterocycles. The third kappa shape index (κ3) is 4.47. The van der Waals surface area contributed by atoms with Crippen LogP contribution in [0.1, 0.15) is 37.4 Å². The number of rotatable bonds is 7. The number of benzene rings is 1. The second-order valence-electron chi connectivity index (χ2n) is 8.28. The van der Waals surface area contributed by atoms with Crippen LogP contribution in [0, 0.1) is 18.7 Å². The Balaban J connectivity index is 1.44. The number of aromatic nitrogens is 3. The zero-order valence-corrected chi connectivity index (χ0v) is 17.7. The topological polar surface area (TPSA) is 66.0 Å². The van der Waals surface area contributed by atoms with Crippen LogP contribution in [-0.2, 0) is 6.54 Å². The van der Waals surface area contributed by atoms with E-state index in [2.05, 4.69) is 27.2 Å². The van der Waals surface area contributed by atoms with Crippen LogP contribution in [0.25, 0.3) is 16.7 Å². The quantitative estimate of drug-likeness (QED) is 0.626. The van der Waals surface area contributed by atoms with Gasteiger partial charge in [-0.25, -0.2) is 9.07 Å². The van der Waals surface area contributed by atoms with Crippen LogP contribution < -0.4 is 10.9 Å². The highest BCUT2D eigenvalue weighted by Gasteiger charge is 2.18. The summed E-state index contributed by atoms with van der Waals surface area (Å²) in [5, 5.41) is 8.93. The van der Waals surface area contributed by atoms with Gasteiger partial charge < -0.3 is 15.2 Å². The lowest BCUT2D eigenvalue weighted by Gasteiger charge is -2.31. The summed E-state index contributed by atoms with van der Waals surface area (Å²) in [4.78, 5) is 18.2. The van der Waals surface area contributed by atoms with Crippen LogP contribution in [0.4, 0.5) is 4.39 Å². The SMILES string of the molecule is CCCN1CCC(CNCc2cc3c(C)nn(-c4ccc(F)cc4)c3[nH]c2=O)CC1. The molecule has 1 fully saturated rings. The number of hydrogen-bond donors (Lipinski definition) is 2. The number of nitrogens with one attached hydrogen (secondary N) is 2. The van der Waals surface area contributed by atoms with E-state index in [1.54, 1.807) is 16.8 Å². The molecule has 3 aromatic rings. The van der Waals surface area contributed by atoms with Crippen molar-refractivity contribution < 1.29 is 4.39 Å². The van der Waals surface area contributed by atoms with E-state index >= 15 is 0 Å². The number of aromatic amines is 1. The molecule has 30 heavy (non-hydrogen) atoms. The number of nitrogens with zero attached hydrogens (tertiary/aromatic N) is 3. The molecule has 0 unspecified atom stereocenters. The van der Waals surface area contributed by atoms with Crippen molar-refractivity contribution in [2.24, 2.45) is 5.92 Å². The van der Waals surface area contributed by atoms with Crippen LogP contribution >= 0.6 is 0 Å². The van der Waals surface area contributed by atoms with Crippen LogP contribution in [0.2, 0.25) is 0 Å². The van der Waals surface area contributed by atoms with Gasteiger partial charge in [-0.3, -0.25) is 4.79 Å². The first kappa shape index (κ1) is 20.8. The molecule has 0 amide bonds. The molecule has 0 saturated carbocycles. The third-order valence-corrected chi connectivity index (χ3v) is 6.02. The molecule has 6 nitrogen and oxygen atoms in total. The van der Waals surface area contributed by atoms with Crippen LogP contribution in [0.15, 0.2) is 35.1 Å². The molecule has 1 aliphatic heterocycles. The van der Waals surface area contributed by atoms with Crippen molar-refractivity contribution in [1.82, 2.24) is 25.0 Å². The lowest BCUT2D eigenvalue weighted by Crippen LogP contribution is -2.37. The lowest BCUT2D eigenvalue weighted by molar-refractivity contribution is 0.182. The number of pyridine rings is 1. The Hall–Kier alpha value is -2.51. The molecule has 2 aromatic heterocycles. The molecule has 0 bridgehead atoms. The molecule has 0 spiro atoms. The van der Waals surface area contributed by atoms with Crippen molar-refractivity contribution in [2.75, 3.05) is 26.2 Å². The van der Waals surface area contributed by atoms with Gasteiger partial charge in [0.25, 0.3) is 5.56 Å². The van der Waals surface area contributed by atoms with Gasteiger partial charge in [0.1, 0.15) is 11.5 Å². The average molecular weight is 412 g/mol. The van der Waals surface area contributed by atoms with Gasteiger partial charge in [-0.1, -0.05) is 6.92 Å². The molecule has 0 aliphatic carbocycles. The van der Waals surface area contributed by atoms with E-state index in [9.17, 15) is 9.18 Å². The highest BCUT2D eigenvalue weighted by atomic mass is 19.1. The van der Waals surface area contributed by atoms with E-state index in [1.807, 2.05) is 13.0 Å². The van der Waals surface area contributed by atoms with Gasteiger partial charge in [0.2, 0.25) is 0 Å². The lowest BCUT2D eigenvalue weighted by atomic mass is 9.96. The van der Waals surface area contributed by atoms with Gasteiger partial charge >= 0.3 is 0 Å². The molecule has 2 N–H and O–H groups in total. The fourth-order valence-corrected chi connectivity index (χ4v) is 4.30. The minimum absolute atomic E-state index is 0.115. The average Bonchev–Trinajstić information content (AvgIpc) is 3.05. The normalized spacial score (nSPS) is 15.8. The van der Waals surface area contributed by atoms with Crippen LogP contribution in [-0.4, -0.2) is 45.8 Å². The smallest absolute Gasteiger partial charge is 0.254 e. The molecule has 1 aromatic carbocycles. The number of likely N-dealkylation sites (tertiary alicyclic amines) is 1. The van der Waals surface area contributed by atoms with E-state index in [-0.39, 0.29) is 11.4 Å². The first-order valence-electron chi connectivity index (χ1n) is 10.9. The third-order valence-electron chi connectivity index (χ3n) is 6.02. The summed E-state index contributed by atoms with van der Waals surface area (Å²) >= 11 is 0. The maximum atomic E-state index is 13.2. The summed E-state index contributed by atoms with van der Waals surface area (Å²) in [6, 6.07) is 8.01. The van der Waals surface area contributed by atoms with Crippen molar-refractivity contribution >= 4 is 11.0 Å². The Kier molecular flexibility index (Phi) is 6.29. The highest BCUT2D eigenvalue weighted by molar-refractivity contribution is 5.80. The molecule has 4 rings (SSSR count). The van der Waals surface area contributed by atoms with E-state index in [1.165, 1.54) is 51.0 Å². The zero-order chi connectivity index (χ0) is 21.1. The summed E-state index contributed by atoms with van der Waals surface area (Å²) < 4.78 is 14.9. The highest BCUT2D eigenvalue weighted by Crippen LogP contribution is 2.20. The summed E-state index contributed by atoms with van der Waals surface area (Å²) in [6.45, 7) is 9.17. The Morgan fingerprint density at radius 3 is 2.67 bits per heavy atom. The van der Waals surface area contributed by atoms with Crippen molar-refractivity contribution in [3.8, 4) is 5.69 Å². The van der Waals surface area contributed by atoms with E-state index in [0.717, 1.165) is 17.6 Å². The monoisotopic (exact) mass is 411 g/mol. The molecule has 160 valence electrons. The Bertz CT molecular complexity index is 1050. The van der Waals surface area contributed by atoms with Gasteiger partial charge in [-0.05, 0) is 88.6 Å². The molecule has 1 aliphatic rings. The summed E-state index contributed by atoms with van der Waals surface area (Å²) in [7, 11) is 0. The number of piperidine rings is 1. The maximum Gasteiger partial charge on any atom is 0.254 e. The Morgan fingerprint density at radius 1 is 1.23 bits per heavy atom. The fourth-order valence-electron chi connectivity index (χ4n) is 4.30. The number of hydrogen-bond acceptors (Lipinski definition) is 4. The van der Waals surface area contributed by atoms with Crippen molar-refractivity contribution in [2.45, 2.75) is 39.7 Å². The predicted molar refractivity (Wildman–Crippen MR) is 118 cm³/mol. The molecular weight excluding hydrogens is 381 g/mol. The second-order valence-corrected chi connectivity index (χ2v) is 8.28. The minimum atomic E-state index is -0.301. The minimum Gasteiger partial charge on any atom is -0.312 e. The fraction of sp³-hybridized carbons (Fsp3) is 0.478. The number of H-pyrrole nitrogens is 1. The first-order chi connectivity index (χ1) is 14.5. The van der Waals surface area contributed by atoms with Crippen molar-refractivity contribution in [3.05, 3.63) is 57.8 Å². The van der Waals surface area contributed by atoms with Crippen molar-refractivity contribution in [3.63, 3.8) is 0 Å². The number of aryl methyl sites for hydroxylation is 1. The molecule has 3 heterocycles. The van der Waals surface area contributed by atoms with Crippen LogP contribution in [0.3, 0.4) is 0 Å². The standard InChI is InChI=1S/C23H30FN5O/c1-3-10-28-11-8-17(9-12-28)14-25-15-18-13-21-16(2)27-29(22(21)26-23(18)30)20-6-4-19(24)5-7-20/h4-7,13,17,25H,3,8-12,14-15H2,1-2H3,(H,26,30). The zero-order valence-electron chi connectivity index (χ0n) is 17.7. The Labute approximate surface area is 176 Å². The van der Waals surface area contributed by atoms with Gasteiger partial charge in [0.15, 0.2) is 0 Å². The number of fused-ring (bicyclic) bond motifs is 1.